The predicted octanol–water partition coefficient (Wildman–Crippen LogP) is 2.76. The number of rotatable bonds is 4. The number of H-pyrrole nitrogens is 1. The van der Waals surface area contributed by atoms with Gasteiger partial charge < -0.3 is 9.80 Å². The monoisotopic (exact) mass is 358 g/mol. The molecule has 2 amide bonds. The van der Waals surface area contributed by atoms with E-state index in [1.165, 1.54) is 12.8 Å². The highest BCUT2D eigenvalue weighted by Gasteiger charge is 2.50. The van der Waals surface area contributed by atoms with Crippen LogP contribution in [0, 0.1) is 5.41 Å². The van der Waals surface area contributed by atoms with Crippen LogP contribution in [0.3, 0.4) is 0 Å². The molecule has 2 aliphatic heterocycles. The van der Waals surface area contributed by atoms with Crippen LogP contribution in [0.5, 0.6) is 0 Å². The van der Waals surface area contributed by atoms with Gasteiger partial charge in [-0.1, -0.05) is 26.2 Å². The second-order valence-electron chi connectivity index (χ2n) is 8.31. The van der Waals surface area contributed by atoms with Crippen LogP contribution in [-0.4, -0.2) is 57.5 Å². The zero-order valence-corrected chi connectivity index (χ0v) is 15.8. The fraction of sp³-hybridized carbons (Fsp3) is 0.750. The molecule has 1 aromatic heterocycles. The average molecular weight is 358 g/mol. The normalized spacial score (nSPS) is 27.0. The Morgan fingerprint density at radius 2 is 2.08 bits per heavy atom. The van der Waals surface area contributed by atoms with E-state index in [1.807, 2.05) is 4.90 Å². The van der Waals surface area contributed by atoms with Gasteiger partial charge in [0.05, 0.1) is 17.2 Å². The maximum absolute atomic E-state index is 13.3. The average Bonchev–Trinajstić information content (AvgIpc) is 3.38. The minimum atomic E-state index is -0.342. The van der Waals surface area contributed by atoms with Crippen molar-refractivity contribution in [3.8, 4) is 0 Å². The molecule has 6 heteroatoms. The van der Waals surface area contributed by atoms with E-state index in [4.69, 9.17) is 0 Å². The molecule has 3 fully saturated rings. The summed E-state index contributed by atoms with van der Waals surface area (Å²) >= 11 is 0. The fourth-order valence-corrected chi connectivity index (χ4v) is 5.20. The third-order valence-corrected chi connectivity index (χ3v) is 6.62. The number of carbonyl (C=O) groups is 2. The van der Waals surface area contributed by atoms with E-state index in [-0.39, 0.29) is 11.3 Å². The summed E-state index contributed by atoms with van der Waals surface area (Å²) in [6, 6.07) is 0.439. The molecule has 1 spiro atoms. The number of aromatic nitrogens is 2. The lowest BCUT2D eigenvalue weighted by Gasteiger charge is -2.42. The van der Waals surface area contributed by atoms with Crippen molar-refractivity contribution in [2.24, 2.45) is 5.41 Å². The third-order valence-electron chi connectivity index (χ3n) is 6.62. The summed E-state index contributed by atoms with van der Waals surface area (Å²) in [6.07, 6.45) is 11.0. The van der Waals surface area contributed by atoms with Crippen LogP contribution in [0.1, 0.15) is 74.3 Å². The molecule has 1 saturated carbocycles. The van der Waals surface area contributed by atoms with Gasteiger partial charge in [-0.15, -0.1) is 0 Å². The van der Waals surface area contributed by atoms with Crippen molar-refractivity contribution in [1.29, 1.82) is 0 Å². The molecule has 1 atom stereocenters. The molecule has 1 N–H and O–H groups in total. The predicted molar refractivity (Wildman–Crippen MR) is 98.7 cm³/mol. The van der Waals surface area contributed by atoms with Crippen molar-refractivity contribution in [2.75, 3.05) is 19.6 Å². The molecule has 1 aliphatic carbocycles. The molecule has 3 aliphatic rings. The van der Waals surface area contributed by atoms with Crippen LogP contribution in [-0.2, 0) is 11.2 Å². The smallest absolute Gasteiger partial charge is 0.257 e. The van der Waals surface area contributed by atoms with Gasteiger partial charge >= 0.3 is 0 Å². The van der Waals surface area contributed by atoms with Gasteiger partial charge in [0.2, 0.25) is 5.91 Å². The quantitative estimate of drug-likeness (QED) is 0.900. The van der Waals surface area contributed by atoms with E-state index in [0.29, 0.717) is 30.6 Å². The first kappa shape index (κ1) is 17.6. The molecule has 3 heterocycles. The summed E-state index contributed by atoms with van der Waals surface area (Å²) in [7, 11) is 0. The lowest BCUT2D eigenvalue weighted by Crippen LogP contribution is -2.53. The Hall–Kier alpha value is -1.85. The molecule has 1 aromatic rings. The van der Waals surface area contributed by atoms with Crippen molar-refractivity contribution < 1.29 is 9.59 Å². The number of hydrogen-bond donors (Lipinski definition) is 1. The maximum Gasteiger partial charge on any atom is 0.257 e. The number of nitrogens with one attached hydrogen (secondary N) is 1. The molecule has 0 aromatic carbocycles. The second-order valence-corrected chi connectivity index (χ2v) is 8.31. The summed E-state index contributed by atoms with van der Waals surface area (Å²) in [5, 5.41) is 7.03. The minimum Gasteiger partial charge on any atom is -0.339 e. The first-order valence-corrected chi connectivity index (χ1v) is 10.3. The van der Waals surface area contributed by atoms with Gasteiger partial charge in [-0.2, -0.15) is 5.10 Å². The largest absolute Gasteiger partial charge is 0.339 e. The summed E-state index contributed by atoms with van der Waals surface area (Å²) in [5.74, 6) is 0.344. The molecule has 26 heavy (non-hydrogen) atoms. The zero-order chi connectivity index (χ0) is 18.1. The summed E-state index contributed by atoms with van der Waals surface area (Å²) < 4.78 is 0. The Kier molecular flexibility index (Phi) is 4.76. The number of amides is 2. The molecule has 6 nitrogen and oxygen atoms in total. The van der Waals surface area contributed by atoms with Crippen molar-refractivity contribution in [1.82, 2.24) is 20.0 Å². The minimum absolute atomic E-state index is 0.0323. The Balaban J connectivity index is 1.49. The van der Waals surface area contributed by atoms with Gasteiger partial charge in [0.1, 0.15) is 0 Å². The Bertz CT molecular complexity index is 679. The lowest BCUT2D eigenvalue weighted by molar-refractivity contribution is -0.148. The topological polar surface area (TPSA) is 69.3 Å². The Morgan fingerprint density at radius 1 is 1.27 bits per heavy atom. The number of hydrogen-bond acceptors (Lipinski definition) is 3. The van der Waals surface area contributed by atoms with E-state index < -0.39 is 0 Å². The fourth-order valence-electron chi connectivity index (χ4n) is 5.20. The first-order chi connectivity index (χ1) is 12.6. The zero-order valence-electron chi connectivity index (χ0n) is 15.8. The highest BCUT2D eigenvalue weighted by Crippen LogP contribution is 2.42. The molecule has 4 rings (SSSR count). The molecule has 2 saturated heterocycles. The SMILES string of the molecule is CCCc1[nH]ncc1C(=O)N1CC[C@@]2(CCCN(C3CCCC3)C2=O)C1. The van der Waals surface area contributed by atoms with E-state index in [2.05, 4.69) is 22.0 Å². The second kappa shape index (κ2) is 7.05. The van der Waals surface area contributed by atoms with Crippen LogP contribution in [0.4, 0.5) is 0 Å². The Labute approximate surface area is 155 Å². The number of carbonyl (C=O) groups excluding carboxylic acids is 2. The van der Waals surface area contributed by atoms with Crippen molar-refractivity contribution >= 4 is 11.8 Å². The third kappa shape index (κ3) is 2.93. The van der Waals surface area contributed by atoms with Crippen molar-refractivity contribution in [3.63, 3.8) is 0 Å². The summed E-state index contributed by atoms with van der Waals surface area (Å²) in [6.45, 7) is 4.25. The van der Waals surface area contributed by atoms with Gasteiger partial charge in [-0.3, -0.25) is 14.7 Å². The standard InChI is InChI=1S/C20H30N4O2/c1-2-6-17-16(13-21-22-17)18(25)23-12-10-20(14-23)9-5-11-24(19(20)26)15-7-3-4-8-15/h13,15H,2-12,14H2,1H3,(H,21,22)/t20-/m0/s1. The van der Waals surface area contributed by atoms with Crippen LogP contribution in [0.15, 0.2) is 6.20 Å². The summed E-state index contributed by atoms with van der Waals surface area (Å²) in [4.78, 5) is 30.4. The number of likely N-dealkylation sites (tertiary alicyclic amines) is 2. The lowest BCUT2D eigenvalue weighted by atomic mass is 9.77. The van der Waals surface area contributed by atoms with E-state index >= 15 is 0 Å². The summed E-state index contributed by atoms with van der Waals surface area (Å²) in [5.41, 5.74) is 1.26. The number of aryl methyl sites for hydroxylation is 1. The number of aromatic amines is 1. The first-order valence-electron chi connectivity index (χ1n) is 10.3. The van der Waals surface area contributed by atoms with Crippen LogP contribution >= 0.6 is 0 Å². The van der Waals surface area contributed by atoms with Gasteiger partial charge in [-0.25, -0.2) is 0 Å². The van der Waals surface area contributed by atoms with E-state index in [9.17, 15) is 9.59 Å². The molecule has 142 valence electrons. The molecule has 0 bridgehead atoms. The highest BCUT2D eigenvalue weighted by atomic mass is 16.2. The Morgan fingerprint density at radius 3 is 2.85 bits per heavy atom. The van der Waals surface area contributed by atoms with Crippen LogP contribution < -0.4 is 0 Å². The van der Waals surface area contributed by atoms with Gasteiger partial charge in [-0.05, 0) is 38.5 Å². The van der Waals surface area contributed by atoms with Crippen molar-refractivity contribution in [3.05, 3.63) is 17.5 Å². The molecular formula is C20H30N4O2. The van der Waals surface area contributed by atoms with Crippen LogP contribution in [0.25, 0.3) is 0 Å². The molecule has 0 radical (unpaired) electrons. The highest BCUT2D eigenvalue weighted by molar-refractivity contribution is 5.96. The number of piperidine rings is 1. The molecular weight excluding hydrogens is 328 g/mol. The van der Waals surface area contributed by atoms with Crippen LogP contribution in [0.2, 0.25) is 0 Å². The van der Waals surface area contributed by atoms with E-state index in [1.54, 1.807) is 6.20 Å². The number of nitrogens with zero attached hydrogens (tertiary/aromatic N) is 3. The van der Waals surface area contributed by atoms with Gasteiger partial charge in [0.15, 0.2) is 0 Å². The van der Waals surface area contributed by atoms with Crippen molar-refractivity contribution in [2.45, 2.75) is 70.8 Å². The van der Waals surface area contributed by atoms with Gasteiger partial charge in [0.25, 0.3) is 5.91 Å². The maximum atomic E-state index is 13.3. The van der Waals surface area contributed by atoms with Gasteiger partial charge in [0, 0.05) is 31.4 Å². The van der Waals surface area contributed by atoms with E-state index in [0.717, 1.165) is 57.2 Å². The molecule has 0 unspecified atom stereocenters.